The molecule has 0 bridgehead atoms. The van der Waals surface area contributed by atoms with Crippen LogP contribution in [-0.2, 0) is 19.6 Å². The van der Waals surface area contributed by atoms with Crippen molar-refractivity contribution in [3.63, 3.8) is 0 Å². The van der Waals surface area contributed by atoms with Gasteiger partial charge in [-0.15, -0.1) is 0 Å². The lowest BCUT2D eigenvalue weighted by atomic mass is 10.2. The number of carboxylic acid groups (broad SMARTS) is 1. The second kappa shape index (κ2) is 6.82. The summed E-state index contributed by atoms with van der Waals surface area (Å²) in [6.45, 7) is 3.30. The number of nitrogens with one attached hydrogen (secondary N) is 1. The van der Waals surface area contributed by atoms with E-state index in [2.05, 4.69) is 4.72 Å². The molecule has 0 aromatic heterocycles. The largest absolute Gasteiger partial charge is 0.480 e. The van der Waals surface area contributed by atoms with Gasteiger partial charge in [0, 0.05) is 7.11 Å². The molecule has 0 aliphatic carbocycles. The van der Waals surface area contributed by atoms with Crippen molar-refractivity contribution in [2.45, 2.75) is 38.0 Å². The second-order valence-corrected chi connectivity index (χ2v) is 5.74. The molecule has 0 saturated carbocycles. The van der Waals surface area contributed by atoms with Crippen LogP contribution in [0.1, 0.15) is 26.7 Å². The fourth-order valence-electron chi connectivity index (χ4n) is 1.16. The Kier molecular flexibility index (Phi) is 6.54. The molecule has 0 fully saturated rings. The van der Waals surface area contributed by atoms with Gasteiger partial charge in [-0.25, -0.2) is 13.1 Å². The van der Waals surface area contributed by atoms with Gasteiger partial charge in [0.25, 0.3) is 0 Å². The topological polar surface area (TPSA) is 92.7 Å². The van der Waals surface area contributed by atoms with E-state index in [0.717, 1.165) is 0 Å². The number of aliphatic carboxylic acids is 1. The van der Waals surface area contributed by atoms with Crippen LogP contribution in [0.25, 0.3) is 0 Å². The highest BCUT2D eigenvalue weighted by Crippen LogP contribution is 2.04. The van der Waals surface area contributed by atoms with E-state index < -0.39 is 27.3 Å². The Morgan fingerprint density at radius 2 is 2.06 bits per heavy atom. The maximum absolute atomic E-state index is 11.7. The molecule has 0 radical (unpaired) electrons. The molecule has 6 nitrogen and oxygen atoms in total. The monoisotopic (exact) mass is 253 g/mol. The predicted octanol–water partition coefficient (Wildman–Crippen LogP) is 0.194. The van der Waals surface area contributed by atoms with Gasteiger partial charge in [-0.2, -0.15) is 0 Å². The van der Waals surface area contributed by atoms with Gasteiger partial charge in [0.15, 0.2) is 0 Å². The average molecular weight is 253 g/mol. The van der Waals surface area contributed by atoms with Crippen molar-refractivity contribution in [1.82, 2.24) is 4.72 Å². The third-order valence-electron chi connectivity index (χ3n) is 2.11. The lowest BCUT2D eigenvalue weighted by Gasteiger charge is -2.17. The Bertz CT molecular complexity index is 314. The number of sulfonamides is 1. The molecule has 0 aromatic carbocycles. The summed E-state index contributed by atoms with van der Waals surface area (Å²) in [5.74, 6) is -1.16. The fourth-order valence-corrected chi connectivity index (χ4v) is 2.32. The van der Waals surface area contributed by atoms with Crippen LogP contribution in [0.15, 0.2) is 0 Å². The summed E-state index contributed by atoms with van der Waals surface area (Å²) in [5.41, 5.74) is 0. The van der Waals surface area contributed by atoms with Crippen LogP contribution < -0.4 is 4.72 Å². The smallest absolute Gasteiger partial charge is 0.321 e. The molecule has 2 atom stereocenters. The SMILES string of the molecule is CCCC(NS(=O)(=O)C(C)COC)C(=O)O. The summed E-state index contributed by atoms with van der Waals surface area (Å²) in [5, 5.41) is 8.05. The normalized spacial score (nSPS) is 15.7. The second-order valence-electron chi connectivity index (χ2n) is 3.61. The lowest BCUT2D eigenvalue weighted by molar-refractivity contribution is -0.139. The molecular formula is C9H19NO5S. The van der Waals surface area contributed by atoms with Gasteiger partial charge in [-0.3, -0.25) is 4.79 Å². The van der Waals surface area contributed by atoms with E-state index in [9.17, 15) is 13.2 Å². The zero-order chi connectivity index (χ0) is 12.8. The third-order valence-corrected chi connectivity index (χ3v) is 3.92. The molecule has 0 heterocycles. The van der Waals surface area contributed by atoms with Gasteiger partial charge >= 0.3 is 5.97 Å². The van der Waals surface area contributed by atoms with Crippen molar-refractivity contribution in [3.05, 3.63) is 0 Å². The van der Waals surface area contributed by atoms with Crippen LogP contribution in [0.3, 0.4) is 0 Å². The highest BCUT2D eigenvalue weighted by atomic mass is 32.2. The first-order chi connectivity index (χ1) is 7.35. The Labute approximate surface area is 96.0 Å². The minimum atomic E-state index is -3.64. The number of carboxylic acids is 1. The highest BCUT2D eigenvalue weighted by molar-refractivity contribution is 7.90. The van der Waals surface area contributed by atoms with E-state index >= 15 is 0 Å². The van der Waals surface area contributed by atoms with Gasteiger partial charge in [-0.1, -0.05) is 13.3 Å². The molecular weight excluding hydrogens is 234 g/mol. The van der Waals surface area contributed by atoms with Gasteiger partial charge < -0.3 is 9.84 Å². The fraction of sp³-hybridized carbons (Fsp3) is 0.889. The van der Waals surface area contributed by atoms with Crippen molar-refractivity contribution in [2.75, 3.05) is 13.7 Å². The van der Waals surface area contributed by atoms with Crippen LogP contribution in [0.5, 0.6) is 0 Å². The Morgan fingerprint density at radius 1 is 1.50 bits per heavy atom. The summed E-state index contributed by atoms with van der Waals surface area (Å²) in [4.78, 5) is 10.8. The summed E-state index contributed by atoms with van der Waals surface area (Å²) in [6.07, 6.45) is 0.867. The van der Waals surface area contributed by atoms with Crippen molar-refractivity contribution < 1.29 is 23.1 Å². The van der Waals surface area contributed by atoms with Gasteiger partial charge in [0.05, 0.1) is 11.9 Å². The van der Waals surface area contributed by atoms with E-state index in [4.69, 9.17) is 9.84 Å². The lowest BCUT2D eigenvalue weighted by Crippen LogP contribution is -2.45. The maximum atomic E-state index is 11.7. The Balaban J connectivity index is 4.59. The molecule has 0 saturated heterocycles. The third kappa shape index (κ3) is 4.91. The summed E-state index contributed by atoms with van der Waals surface area (Å²) in [6, 6.07) is -1.06. The Hall–Kier alpha value is -0.660. The van der Waals surface area contributed by atoms with Gasteiger partial charge in [0.2, 0.25) is 10.0 Å². The molecule has 2 unspecified atom stereocenters. The molecule has 0 spiro atoms. The molecule has 0 aliphatic rings. The quantitative estimate of drug-likeness (QED) is 0.644. The van der Waals surface area contributed by atoms with E-state index in [1.165, 1.54) is 14.0 Å². The number of hydrogen-bond acceptors (Lipinski definition) is 4. The van der Waals surface area contributed by atoms with Gasteiger partial charge in [0.1, 0.15) is 6.04 Å². The first-order valence-electron chi connectivity index (χ1n) is 5.08. The predicted molar refractivity (Wildman–Crippen MR) is 59.7 cm³/mol. The molecule has 0 rings (SSSR count). The van der Waals surface area contributed by atoms with E-state index in [1.54, 1.807) is 6.92 Å². The number of methoxy groups -OCH3 is 1. The van der Waals surface area contributed by atoms with Crippen LogP contribution in [0, 0.1) is 0 Å². The van der Waals surface area contributed by atoms with E-state index in [-0.39, 0.29) is 13.0 Å². The maximum Gasteiger partial charge on any atom is 0.321 e. The summed E-state index contributed by atoms with van der Waals surface area (Å²) in [7, 11) is -2.25. The van der Waals surface area contributed by atoms with Crippen molar-refractivity contribution in [2.24, 2.45) is 0 Å². The summed E-state index contributed by atoms with van der Waals surface area (Å²) < 4.78 is 30.2. The molecule has 7 heteroatoms. The van der Waals surface area contributed by atoms with Gasteiger partial charge in [-0.05, 0) is 13.3 Å². The van der Waals surface area contributed by atoms with Crippen LogP contribution >= 0.6 is 0 Å². The molecule has 16 heavy (non-hydrogen) atoms. The molecule has 0 aromatic rings. The average Bonchev–Trinajstić information content (AvgIpc) is 2.17. The van der Waals surface area contributed by atoms with E-state index in [1.807, 2.05) is 0 Å². The minimum absolute atomic E-state index is 0.0355. The first-order valence-corrected chi connectivity index (χ1v) is 6.62. The molecule has 2 N–H and O–H groups in total. The Morgan fingerprint density at radius 3 is 2.44 bits per heavy atom. The number of hydrogen-bond donors (Lipinski definition) is 2. The number of carbonyl (C=O) groups is 1. The van der Waals surface area contributed by atoms with E-state index in [0.29, 0.717) is 6.42 Å². The number of ether oxygens (including phenoxy) is 1. The molecule has 96 valence electrons. The van der Waals surface area contributed by atoms with Crippen LogP contribution in [0.2, 0.25) is 0 Å². The van der Waals surface area contributed by atoms with Crippen LogP contribution in [0.4, 0.5) is 0 Å². The zero-order valence-electron chi connectivity index (χ0n) is 9.76. The molecule has 0 amide bonds. The minimum Gasteiger partial charge on any atom is -0.480 e. The molecule has 0 aliphatic heterocycles. The highest BCUT2D eigenvalue weighted by Gasteiger charge is 2.27. The summed E-state index contributed by atoms with van der Waals surface area (Å²) >= 11 is 0. The van der Waals surface area contributed by atoms with Crippen molar-refractivity contribution in [1.29, 1.82) is 0 Å². The number of rotatable bonds is 8. The zero-order valence-corrected chi connectivity index (χ0v) is 10.6. The van der Waals surface area contributed by atoms with Crippen LogP contribution in [-0.4, -0.2) is 44.5 Å². The van der Waals surface area contributed by atoms with Crippen molar-refractivity contribution in [3.8, 4) is 0 Å². The first kappa shape index (κ1) is 15.3. The van der Waals surface area contributed by atoms with Crippen molar-refractivity contribution >= 4 is 16.0 Å². The standard InChI is InChI=1S/C9H19NO5S/c1-4-5-8(9(11)12)10-16(13,14)7(2)6-15-3/h7-8,10H,4-6H2,1-3H3,(H,11,12).